The number of carboxylic acid groups (broad SMARTS) is 1. The van der Waals surface area contributed by atoms with Gasteiger partial charge in [-0.15, -0.1) is 0 Å². The molecule has 2 N–H and O–H groups in total. The molecule has 0 aromatic heterocycles. The lowest BCUT2D eigenvalue weighted by Gasteiger charge is -2.37. The summed E-state index contributed by atoms with van der Waals surface area (Å²) in [7, 11) is 0. The summed E-state index contributed by atoms with van der Waals surface area (Å²) in [5.74, 6) is -0.957. The standard InChI is InChI=1S/C73H65NO4/c75-69(76)54-78-70-67(56-33-28-47-65(50-56)72(59-35-15-6-16-36-59,60-37-17-7-18-38-60)61-39-19-8-20-40-61)52-58(71(77)74-49-27-4-2-1-3-12-30-55-31-13-5-14-32-55)53-68(70)57-34-29-48-66(51-57)73(62-41-21-9-22-42-62,63-43-23-10-24-44-63)64-45-25-11-26-46-64/h5-11,13-26,28-29,31-48,50-53H,1-4,12,27,30,49,54H2,(H,74,77)(H,75,76). The van der Waals surface area contributed by atoms with E-state index in [1.807, 2.05) is 60.7 Å². The summed E-state index contributed by atoms with van der Waals surface area (Å²) in [4.78, 5) is 27.5. The number of amides is 1. The van der Waals surface area contributed by atoms with Crippen LogP contribution < -0.4 is 10.1 Å². The lowest BCUT2D eigenvalue weighted by molar-refractivity contribution is -0.139. The molecule has 1 amide bonds. The lowest BCUT2D eigenvalue weighted by Crippen LogP contribution is -2.31. The average molecular weight is 1020 g/mol. The van der Waals surface area contributed by atoms with Crippen LogP contribution in [0.15, 0.2) is 273 Å². The zero-order valence-corrected chi connectivity index (χ0v) is 44.0. The Balaban J connectivity index is 1.12. The van der Waals surface area contributed by atoms with Crippen LogP contribution in [0.2, 0.25) is 0 Å². The van der Waals surface area contributed by atoms with Crippen LogP contribution in [0.5, 0.6) is 5.75 Å². The zero-order valence-electron chi connectivity index (χ0n) is 44.0. The fourth-order valence-electron chi connectivity index (χ4n) is 11.6. The highest BCUT2D eigenvalue weighted by Gasteiger charge is 2.40. The molecule has 0 fully saturated rings. The van der Waals surface area contributed by atoms with Crippen LogP contribution >= 0.6 is 0 Å². The van der Waals surface area contributed by atoms with Gasteiger partial charge in [0.1, 0.15) is 5.75 Å². The normalized spacial score (nSPS) is 11.4. The Kier molecular flexibility index (Phi) is 16.9. The van der Waals surface area contributed by atoms with Crippen molar-refractivity contribution in [3.8, 4) is 28.0 Å². The van der Waals surface area contributed by atoms with E-state index < -0.39 is 23.4 Å². The Bertz CT molecular complexity index is 3130. The van der Waals surface area contributed by atoms with Crippen molar-refractivity contribution < 1.29 is 19.4 Å². The maximum atomic E-state index is 14.8. The highest BCUT2D eigenvalue weighted by molar-refractivity contribution is 5.99. The van der Waals surface area contributed by atoms with Crippen LogP contribution in [0.4, 0.5) is 0 Å². The van der Waals surface area contributed by atoms with Crippen molar-refractivity contribution in [1.29, 1.82) is 0 Å². The van der Waals surface area contributed by atoms with Crippen LogP contribution in [0.1, 0.15) is 99.0 Å². The van der Waals surface area contributed by atoms with E-state index in [2.05, 4.69) is 218 Å². The Morgan fingerprint density at radius 2 is 0.705 bits per heavy atom. The first-order valence-corrected chi connectivity index (χ1v) is 27.4. The third-order valence-electron chi connectivity index (χ3n) is 15.2. The first-order valence-electron chi connectivity index (χ1n) is 27.4. The molecule has 0 heterocycles. The van der Waals surface area contributed by atoms with Crippen molar-refractivity contribution in [2.24, 2.45) is 0 Å². The van der Waals surface area contributed by atoms with E-state index in [-0.39, 0.29) is 5.91 Å². The summed E-state index contributed by atoms with van der Waals surface area (Å²) in [5, 5.41) is 13.6. The van der Waals surface area contributed by atoms with E-state index in [0.29, 0.717) is 29.0 Å². The number of aryl methyl sites for hydroxylation is 1. The van der Waals surface area contributed by atoms with Crippen molar-refractivity contribution in [2.45, 2.75) is 55.8 Å². The Hall–Kier alpha value is -9.06. The van der Waals surface area contributed by atoms with Crippen molar-refractivity contribution in [2.75, 3.05) is 13.2 Å². The largest absolute Gasteiger partial charge is 0.481 e. The number of nitrogens with one attached hydrogen (secondary N) is 1. The monoisotopic (exact) mass is 1020 g/mol. The van der Waals surface area contributed by atoms with Crippen molar-refractivity contribution >= 4 is 11.9 Å². The van der Waals surface area contributed by atoms with Crippen LogP contribution in [-0.4, -0.2) is 30.1 Å². The zero-order chi connectivity index (χ0) is 53.4. The predicted octanol–water partition coefficient (Wildman–Crippen LogP) is 16.6. The highest BCUT2D eigenvalue weighted by Crippen LogP contribution is 2.50. The molecule has 0 aliphatic heterocycles. The van der Waals surface area contributed by atoms with Crippen molar-refractivity contribution in [3.63, 3.8) is 0 Å². The molecule has 0 saturated carbocycles. The fourth-order valence-corrected chi connectivity index (χ4v) is 11.6. The van der Waals surface area contributed by atoms with Gasteiger partial charge in [-0.2, -0.15) is 0 Å². The molecule has 0 aliphatic carbocycles. The van der Waals surface area contributed by atoms with E-state index in [4.69, 9.17) is 4.74 Å². The fraction of sp³-hybridized carbons (Fsp3) is 0.151. The summed E-state index contributed by atoms with van der Waals surface area (Å²) in [6, 6.07) is 94.6. The molecule has 5 nitrogen and oxygen atoms in total. The van der Waals surface area contributed by atoms with Crippen LogP contribution in [0.25, 0.3) is 22.3 Å². The number of carbonyl (C=O) groups excluding carboxylic acids is 1. The Morgan fingerprint density at radius 3 is 1.08 bits per heavy atom. The lowest BCUT2D eigenvalue weighted by atomic mass is 9.64. The van der Waals surface area contributed by atoms with E-state index in [0.717, 1.165) is 87.7 Å². The Morgan fingerprint density at radius 1 is 0.372 bits per heavy atom. The highest BCUT2D eigenvalue weighted by atomic mass is 16.5. The van der Waals surface area contributed by atoms with Gasteiger partial charge >= 0.3 is 5.97 Å². The molecular formula is C73H65NO4. The minimum Gasteiger partial charge on any atom is -0.481 e. The van der Waals surface area contributed by atoms with Gasteiger partial charge in [0.25, 0.3) is 5.91 Å². The van der Waals surface area contributed by atoms with Crippen LogP contribution in [-0.2, 0) is 22.0 Å². The minimum absolute atomic E-state index is 0.211. The number of carboxylic acids is 1. The molecule has 386 valence electrons. The summed E-state index contributed by atoms with van der Waals surface area (Å²) in [6.45, 7) is -0.0710. The third kappa shape index (κ3) is 11.4. The Labute approximate surface area is 459 Å². The molecule has 0 bridgehead atoms. The molecule has 0 unspecified atom stereocenters. The van der Waals surface area contributed by atoms with Gasteiger partial charge in [0.05, 0.1) is 10.8 Å². The smallest absolute Gasteiger partial charge is 0.341 e. The maximum absolute atomic E-state index is 14.8. The molecule has 10 aromatic carbocycles. The minimum atomic E-state index is -1.11. The van der Waals surface area contributed by atoms with Crippen molar-refractivity contribution in [3.05, 3.63) is 329 Å². The van der Waals surface area contributed by atoms with E-state index in [1.54, 1.807) is 0 Å². The number of carbonyl (C=O) groups is 2. The number of hydrogen-bond donors (Lipinski definition) is 2. The number of aliphatic carboxylic acids is 1. The summed E-state index contributed by atoms with van der Waals surface area (Å²) in [5.41, 5.74) is 11.5. The van der Waals surface area contributed by atoms with Gasteiger partial charge in [-0.05, 0) is 105 Å². The molecule has 10 aromatic rings. The van der Waals surface area contributed by atoms with E-state index in [1.165, 1.54) is 18.4 Å². The van der Waals surface area contributed by atoms with Crippen LogP contribution in [0.3, 0.4) is 0 Å². The number of rotatable bonds is 23. The van der Waals surface area contributed by atoms with Gasteiger partial charge in [0.2, 0.25) is 0 Å². The molecule has 0 spiro atoms. The van der Waals surface area contributed by atoms with Crippen molar-refractivity contribution in [1.82, 2.24) is 5.32 Å². The van der Waals surface area contributed by atoms with E-state index in [9.17, 15) is 14.7 Å². The quantitative estimate of drug-likeness (QED) is 0.0494. The second kappa shape index (κ2) is 25.2. The third-order valence-corrected chi connectivity index (χ3v) is 15.2. The van der Waals surface area contributed by atoms with Gasteiger partial charge in [-0.25, -0.2) is 4.79 Å². The summed E-state index contributed by atoms with van der Waals surface area (Å²) < 4.78 is 6.58. The first-order chi connectivity index (χ1) is 38.5. The SMILES string of the molecule is O=C(O)COc1c(-c2cccc(C(c3ccccc3)(c3ccccc3)c3ccccc3)c2)cc(C(=O)NCCCCCCCCc2ccccc2)cc1-c1cccc(C(c2ccccc2)(c2ccccc2)c2ccccc2)c1. The number of unbranched alkanes of at least 4 members (excludes halogenated alkanes) is 5. The van der Waals surface area contributed by atoms with Gasteiger partial charge in [-0.3, -0.25) is 4.79 Å². The molecule has 0 saturated heterocycles. The first kappa shape index (κ1) is 52.4. The molecule has 0 atom stereocenters. The second-order valence-corrected chi connectivity index (χ2v) is 20.1. The molecule has 0 aliphatic rings. The molecular weight excluding hydrogens is 955 g/mol. The number of ether oxygens (including phenoxy) is 1. The topological polar surface area (TPSA) is 75.6 Å². The average Bonchev–Trinajstić information content (AvgIpc) is 3.69. The molecule has 78 heavy (non-hydrogen) atoms. The number of benzene rings is 10. The number of hydrogen-bond acceptors (Lipinski definition) is 3. The van der Waals surface area contributed by atoms with Gasteiger partial charge in [0, 0.05) is 23.2 Å². The second-order valence-electron chi connectivity index (χ2n) is 20.1. The van der Waals surface area contributed by atoms with Gasteiger partial charge in [-0.1, -0.05) is 274 Å². The summed E-state index contributed by atoms with van der Waals surface area (Å²) in [6.07, 6.45) is 7.57. The molecule has 0 radical (unpaired) electrons. The molecule has 10 rings (SSSR count). The van der Waals surface area contributed by atoms with Gasteiger partial charge in [0.15, 0.2) is 6.61 Å². The maximum Gasteiger partial charge on any atom is 0.341 e. The summed E-state index contributed by atoms with van der Waals surface area (Å²) >= 11 is 0. The molecule has 5 heteroatoms. The predicted molar refractivity (Wildman–Crippen MR) is 317 cm³/mol. The van der Waals surface area contributed by atoms with E-state index >= 15 is 0 Å². The van der Waals surface area contributed by atoms with Gasteiger partial charge < -0.3 is 15.2 Å². The van der Waals surface area contributed by atoms with Crippen LogP contribution in [0, 0.1) is 0 Å².